The molecule has 1 amide bonds. The standard InChI is InChI=1S/C15H18N4O/c1-3-6-17-14-10-12(4-7-18-14)15(20)19-13-5-8-16-11(2)9-13/h4-5,7-10H,3,6H2,1-2H3,(H,17,18)(H,16,19,20). The van der Waals surface area contributed by atoms with Crippen molar-refractivity contribution in [1.29, 1.82) is 0 Å². The quantitative estimate of drug-likeness (QED) is 0.876. The van der Waals surface area contributed by atoms with E-state index in [0.717, 1.165) is 24.3 Å². The van der Waals surface area contributed by atoms with E-state index in [9.17, 15) is 4.79 Å². The summed E-state index contributed by atoms with van der Waals surface area (Å²) < 4.78 is 0. The van der Waals surface area contributed by atoms with Crippen molar-refractivity contribution in [1.82, 2.24) is 9.97 Å². The molecule has 2 aromatic heterocycles. The van der Waals surface area contributed by atoms with Gasteiger partial charge in [-0.05, 0) is 37.6 Å². The molecule has 0 saturated carbocycles. The number of hydrogen-bond donors (Lipinski definition) is 2. The summed E-state index contributed by atoms with van der Waals surface area (Å²) in [6.45, 7) is 4.80. The van der Waals surface area contributed by atoms with Crippen LogP contribution in [0.3, 0.4) is 0 Å². The van der Waals surface area contributed by atoms with Gasteiger partial charge in [-0.25, -0.2) is 4.98 Å². The van der Waals surface area contributed by atoms with Gasteiger partial charge in [-0.2, -0.15) is 0 Å². The van der Waals surface area contributed by atoms with Crippen LogP contribution in [0.15, 0.2) is 36.7 Å². The van der Waals surface area contributed by atoms with Crippen molar-refractivity contribution in [3.63, 3.8) is 0 Å². The molecule has 2 rings (SSSR count). The summed E-state index contributed by atoms with van der Waals surface area (Å²) in [5.74, 6) is 0.558. The maximum Gasteiger partial charge on any atom is 0.255 e. The van der Waals surface area contributed by atoms with Gasteiger partial charge in [0.2, 0.25) is 0 Å². The number of aromatic nitrogens is 2. The summed E-state index contributed by atoms with van der Waals surface area (Å²) >= 11 is 0. The predicted octanol–water partition coefficient (Wildman–Crippen LogP) is 2.86. The second kappa shape index (κ2) is 6.65. The molecular formula is C15H18N4O. The zero-order valence-electron chi connectivity index (χ0n) is 11.7. The first-order chi connectivity index (χ1) is 9.69. The first kappa shape index (κ1) is 14.0. The molecule has 20 heavy (non-hydrogen) atoms. The van der Waals surface area contributed by atoms with Crippen LogP contribution >= 0.6 is 0 Å². The fourth-order valence-electron chi connectivity index (χ4n) is 1.75. The fraction of sp³-hybridized carbons (Fsp3) is 0.267. The maximum absolute atomic E-state index is 12.2. The number of pyridine rings is 2. The highest BCUT2D eigenvalue weighted by Gasteiger charge is 2.07. The topological polar surface area (TPSA) is 66.9 Å². The first-order valence-electron chi connectivity index (χ1n) is 6.63. The second-order valence-corrected chi connectivity index (χ2v) is 4.50. The van der Waals surface area contributed by atoms with E-state index in [1.165, 1.54) is 0 Å². The maximum atomic E-state index is 12.2. The molecule has 0 bridgehead atoms. The Morgan fingerprint density at radius 1 is 1.20 bits per heavy atom. The number of aryl methyl sites for hydroxylation is 1. The van der Waals surface area contributed by atoms with Gasteiger partial charge in [0.05, 0.1) is 0 Å². The molecule has 5 nitrogen and oxygen atoms in total. The Morgan fingerprint density at radius 2 is 2.00 bits per heavy atom. The van der Waals surface area contributed by atoms with E-state index in [0.29, 0.717) is 11.4 Å². The zero-order chi connectivity index (χ0) is 14.4. The van der Waals surface area contributed by atoms with Crippen molar-refractivity contribution in [2.45, 2.75) is 20.3 Å². The molecule has 0 aliphatic heterocycles. The molecule has 0 radical (unpaired) electrons. The van der Waals surface area contributed by atoms with Gasteiger partial charge < -0.3 is 10.6 Å². The third kappa shape index (κ3) is 3.78. The largest absolute Gasteiger partial charge is 0.370 e. The first-order valence-corrected chi connectivity index (χ1v) is 6.63. The van der Waals surface area contributed by atoms with Gasteiger partial charge in [0, 0.05) is 35.9 Å². The molecule has 0 fully saturated rings. The van der Waals surface area contributed by atoms with Gasteiger partial charge in [0.15, 0.2) is 0 Å². The average molecular weight is 270 g/mol. The molecule has 0 saturated heterocycles. The highest BCUT2D eigenvalue weighted by Crippen LogP contribution is 2.12. The third-order valence-corrected chi connectivity index (χ3v) is 2.73. The molecule has 0 aliphatic carbocycles. The Labute approximate surface area is 118 Å². The van der Waals surface area contributed by atoms with Crippen LogP contribution < -0.4 is 10.6 Å². The van der Waals surface area contributed by atoms with E-state index in [1.807, 2.05) is 13.0 Å². The lowest BCUT2D eigenvalue weighted by Crippen LogP contribution is -2.13. The molecule has 0 spiro atoms. The molecule has 0 aliphatic rings. The van der Waals surface area contributed by atoms with Gasteiger partial charge in [-0.3, -0.25) is 9.78 Å². The van der Waals surface area contributed by atoms with E-state index < -0.39 is 0 Å². The molecule has 104 valence electrons. The van der Waals surface area contributed by atoms with Gasteiger partial charge in [0.25, 0.3) is 5.91 Å². The number of anilines is 2. The molecule has 2 aromatic rings. The van der Waals surface area contributed by atoms with E-state index in [2.05, 4.69) is 27.5 Å². The van der Waals surface area contributed by atoms with Crippen LogP contribution in [0.1, 0.15) is 29.4 Å². The Bertz CT molecular complexity index is 598. The lowest BCUT2D eigenvalue weighted by Gasteiger charge is -2.08. The monoisotopic (exact) mass is 270 g/mol. The predicted molar refractivity (Wildman–Crippen MR) is 79.9 cm³/mol. The van der Waals surface area contributed by atoms with Crippen LogP contribution in [0.25, 0.3) is 0 Å². The SMILES string of the molecule is CCCNc1cc(C(=O)Nc2ccnc(C)c2)ccn1. The third-order valence-electron chi connectivity index (χ3n) is 2.73. The summed E-state index contributed by atoms with van der Waals surface area (Å²) in [5, 5.41) is 6.01. The normalized spacial score (nSPS) is 10.1. The summed E-state index contributed by atoms with van der Waals surface area (Å²) in [7, 11) is 0. The number of amides is 1. The Morgan fingerprint density at radius 3 is 2.75 bits per heavy atom. The number of nitrogens with zero attached hydrogens (tertiary/aromatic N) is 2. The fourth-order valence-corrected chi connectivity index (χ4v) is 1.75. The Hall–Kier alpha value is -2.43. The van der Waals surface area contributed by atoms with Crippen LogP contribution in [0.4, 0.5) is 11.5 Å². The van der Waals surface area contributed by atoms with Crippen LogP contribution in [-0.2, 0) is 0 Å². The van der Waals surface area contributed by atoms with Crippen molar-refractivity contribution in [3.05, 3.63) is 47.9 Å². The van der Waals surface area contributed by atoms with Crippen molar-refractivity contribution in [3.8, 4) is 0 Å². The van der Waals surface area contributed by atoms with Crippen LogP contribution in [0.5, 0.6) is 0 Å². The molecule has 0 atom stereocenters. The number of rotatable bonds is 5. The van der Waals surface area contributed by atoms with Crippen molar-refractivity contribution in [2.75, 3.05) is 17.2 Å². The van der Waals surface area contributed by atoms with Crippen molar-refractivity contribution >= 4 is 17.4 Å². The van der Waals surface area contributed by atoms with Gasteiger partial charge >= 0.3 is 0 Å². The lowest BCUT2D eigenvalue weighted by molar-refractivity contribution is 0.102. The molecule has 5 heteroatoms. The van der Waals surface area contributed by atoms with Crippen LogP contribution in [-0.4, -0.2) is 22.4 Å². The number of carbonyl (C=O) groups is 1. The van der Waals surface area contributed by atoms with E-state index in [4.69, 9.17) is 0 Å². The summed E-state index contributed by atoms with van der Waals surface area (Å²) in [6.07, 6.45) is 4.31. The summed E-state index contributed by atoms with van der Waals surface area (Å²) in [5.41, 5.74) is 2.18. The van der Waals surface area contributed by atoms with Crippen molar-refractivity contribution < 1.29 is 4.79 Å². The Kier molecular flexibility index (Phi) is 4.65. The molecule has 2 N–H and O–H groups in total. The summed E-state index contributed by atoms with van der Waals surface area (Å²) in [6, 6.07) is 7.04. The Balaban J connectivity index is 2.09. The highest BCUT2D eigenvalue weighted by molar-refractivity contribution is 6.04. The number of carbonyl (C=O) groups excluding carboxylic acids is 1. The molecular weight excluding hydrogens is 252 g/mol. The van der Waals surface area contributed by atoms with E-state index in [1.54, 1.807) is 30.6 Å². The minimum absolute atomic E-state index is 0.155. The minimum Gasteiger partial charge on any atom is -0.370 e. The van der Waals surface area contributed by atoms with Gasteiger partial charge in [0.1, 0.15) is 5.82 Å². The summed E-state index contributed by atoms with van der Waals surface area (Å²) in [4.78, 5) is 20.4. The van der Waals surface area contributed by atoms with Crippen LogP contribution in [0, 0.1) is 6.92 Å². The highest BCUT2D eigenvalue weighted by atomic mass is 16.1. The van der Waals surface area contributed by atoms with E-state index in [-0.39, 0.29) is 5.91 Å². The smallest absolute Gasteiger partial charge is 0.255 e. The molecule has 0 unspecified atom stereocenters. The second-order valence-electron chi connectivity index (χ2n) is 4.50. The average Bonchev–Trinajstić information content (AvgIpc) is 2.45. The van der Waals surface area contributed by atoms with Crippen LogP contribution in [0.2, 0.25) is 0 Å². The minimum atomic E-state index is -0.155. The molecule has 2 heterocycles. The zero-order valence-corrected chi connectivity index (χ0v) is 11.7. The van der Waals surface area contributed by atoms with Gasteiger partial charge in [-0.15, -0.1) is 0 Å². The van der Waals surface area contributed by atoms with Gasteiger partial charge in [-0.1, -0.05) is 6.92 Å². The van der Waals surface area contributed by atoms with E-state index >= 15 is 0 Å². The lowest BCUT2D eigenvalue weighted by atomic mass is 10.2. The molecule has 0 aromatic carbocycles. The number of nitrogens with one attached hydrogen (secondary N) is 2. The van der Waals surface area contributed by atoms with Crippen molar-refractivity contribution in [2.24, 2.45) is 0 Å². The number of hydrogen-bond acceptors (Lipinski definition) is 4.